The van der Waals surface area contributed by atoms with E-state index in [0.717, 1.165) is 19.3 Å². The molecule has 2 aromatic carbocycles. The molecule has 4 rings (SSSR count). The minimum atomic E-state index is -3.93. The predicted octanol–water partition coefficient (Wildman–Crippen LogP) is 5.24. The standard InChI is InChI=1S/C31H39FN2O6S/c1-21(2)29-31(41(39,40)33-16-7-4-8-17-33)28(22-9-5-3-6-10-22)30(23-11-13-24(32)14-12-23)34(29)18-15-25(35)19-26(36)20-27(37)38/h3,5-6,9-14,21,25-26,35-36H,4,7-8,15-20H2,1-2H3,(H,37,38)/t25-,26-/m1/s1. The van der Waals surface area contributed by atoms with Crippen LogP contribution in [0.25, 0.3) is 22.4 Å². The number of aromatic nitrogens is 1. The molecule has 222 valence electrons. The fourth-order valence-electron chi connectivity index (χ4n) is 5.69. The number of aliphatic carboxylic acids is 1. The number of piperidine rings is 1. The number of nitrogens with zero attached hydrogens (tertiary/aromatic N) is 2. The summed E-state index contributed by atoms with van der Waals surface area (Å²) >= 11 is 0. The molecule has 41 heavy (non-hydrogen) atoms. The van der Waals surface area contributed by atoms with Gasteiger partial charge in [-0.3, -0.25) is 4.79 Å². The van der Waals surface area contributed by atoms with Crippen molar-refractivity contribution in [3.05, 3.63) is 66.1 Å². The van der Waals surface area contributed by atoms with Crippen LogP contribution in [0, 0.1) is 5.82 Å². The van der Waals surface area contributed by atoms with Crippen LogP contribution < -0.4 is 0 Å². The van der Waals surface area contributed by atoms with Crippen molar-refractivity contribution in [3.8, 4) is 22.4 Å². The van der Waals surface area contributed by atoms with E-state index in [4.69, 9.17) is 5.11 Å². The van der Waals surface area contributed by atoms with Gasteiger partial charge in [0, 0.05) is 30.9 Å². The molecule has 3 N–H and O–H groups in total. The van der Waals surface area contributed by atoms with Crippen molar-refractivity contribution in [2.45, 2.75) is 81.9 Å². The molecule has 3 aromatic rings. The highest BCUT2D eigenvalue weighted by molar-refractivity contribution is 7.89. The Morgan fingerprint density at radius 1 is 0.927 bits per heavy atom. The molecule has 0 aliphatic carbocycles. The lowest BCUT2D eigenvalue weighted by Crippen LogP contribution is -2.36. The number of hydrogen-bond donors (Lipinski definition) is 3. The van der Waals surface area contributed by atoms with E-state index in [1.54, 1.807) is 16.4 Å². The second-order valence-electron chi connectivity index (χ2n) is 11.0. The number of halogens is 1. The molecule has 1 aromatic heterocycles. The van der Waals surface area contributed by atoms with E-state index in [0.29, 0.717) is 41.2 Å². The Morgan fingerprint density at radius 3 is 2.15 bits per heavy atom. The van der Waals surface area contributed by atoms with Crippen LogP contribution in [0.4, 0.5) is 4.39 Å². The zero-order valence-electron chi connectivity index (χ0n) is 23.5. The highest BCUT2D eigenvalue weighted by Gasteiger charge is 2.37. The first-order valence-electron chi connectivity index (χ1n) is 14.2. The third kappa shape index (κ3) is 7.06. The Kier molecular flexibility index (Phi) is 10.0. The first kappa shape index (κ1) is 30.9. The van der Waals surface area contributed by atoms with Crippen LogP contribution in [0.3, 0.4) is 0 Å². The van der Waals surface area contributed by atoms with E-state index in [9.17, 15) is 27.8 Å². The Balaban J connectivity index is 1.94. The topological polar surface area (TPSA) is 120 Å². The van der Waals surface area contributed by atoms with Crippen molar-refractivity contribution in [2.24, 2.45) is 0 Å². The summed E-state index contributed by atoms with van der Waals surface area (Å²) in [7, 11) is -3.93. The maximum Gasteiger partial charge on any atom is 0.305 e. The summed E-state index contributed by atoms with van der Waals surface area (Å²) < 4.78 is 46.4. The van der Waals surface area contributed by atoms with E-state index in [1.807, 2.05) is 48.7 Å². The molecule has 0 unspecified atom stereocenters. The second kappa shape index (κ2) is 13.3. The van der Waals surface area contributed by atoms with E-state index in [1.165, 1.54) is 12.1 Å². The molecule has 2 heterocycles. The van der Waals surface area contributed by atoms with Crippen molar-refractivity contribution in [1.82, 2.24) is 8.87 Å². The Hall–Kier alpha value is -3.05. The number of hydrogen-bond acceptors (Lipinski definition) is 5. The first-order chi connectivity index (χ1) is 19.5. The maximum atomic E-state index is 14.5. The van der Waals surface area contributed by atoms with Gasteiger partial charge in [0.25, 0.3) is 0 Å². The summed E-state index contributed by atoms with van der Waals surface area (Å²) in [5.41, 5.74) is 3.07. The van der Waals surface area contributed by atoms with Crippen molar-refractivity contribution >= 4 is 16.0 Å². The number of sulfonamides is 1. The molecular weight excluding hydrogens is 547 g/mol. The van der Waals surface area contributed by atoms with Gasteiger partial charge in [-0.2, -0.15) is 4.31 Å². The number of benzene rings is 2. The third-order valence-corrected chi connectivity index (χ3v) is 9.51. The van der Waals surface area contributed by atoms with E-state index < -0.39 is 40.4 Å². The van der Waals surface area contributed by atoms with Gasteiger partial charge in [-0.05, 0) is 67.0 Å². The number of rotatable bonds is 12. The molecule has 0 radical (unpaired) electrons. The van der Waals surface area contributed by atoms with Crippen molar-refractivity contribution in [1.29, 1.82) is 0 Å². The predicted molar refractivity (Wildman–Crippen MR) is 155 cm³/mol. The molecule has 0 amide bonds. The zero-order chi connectivity index (χ0) is 29.7. The normalized spacial score (nSPS) is 16.1. The van der Waals surface area contributed by atoms with Crippen LogP contribution in [0.2, 0.25) is 0 Å². The van der Waals surface area contributed by atoms with Gasteiger partial charge in [0.1, 0.15) is 10.7 Å². The van der Waals surface area contributed by atoms with Gasteiger partial charge in [-0.15, -0.1) is 0 Å². The second-order valence-corrected chi connectivity index (χ2v) is 12.9. The zero-order valence-corrected chi connectivity index (χ0v) is 24.4. The largest absolute Gasteiger partial charge is 0.481 e. The molecular formula is C31H39FN2O6S. The SMILES string of the molecule is CC(C)c1c(S(=O)(=O)N2CCCCC2)c(-c2ccccc2)c(-c2ccc(F)cc2)n1CC[C@@H](O)C[C@@H](O)CC(=O)O. The fraction of sp³-hybridized carbons (Fsp3) is 0.452. The monoisotopic (exact) mass is 586 g/mol. The molecule has 2 atom stereocenters. The van der Waals surface area contributed by atoms with Crippen molar-refractivity contribution < 1.29 is 32.9 Å². The summed E-state index contributed by atoms with van der Waals surface area (Å²) in [6, 6.07) is 15.2. The lowest BCUT2D eigenvalue weighted by Gasteiger charge is -2.27. The first-order valence-corrected chi connectivity index (χ1v) is 15.6. The van der Waals surface area contributed by atoms with Gasteiger partial charge in [-0.1, -0.05) is 50.6 Å². The van der Waals surface area contributed by atoms with Gasteiger partial charge in [0.05, 0.1) is 24.3 Å². The number of carboxylic acid groups (broad SMARTS) is 1. The van der Waals surface area contributed by atoms with Crippen LogP contribution in [-0.2, 0) is 21.4 Å². The molecule has 0 bridgehead atoms. The lowest BCUT2D eigenvalue weighted by molar-refractivity contribution is -0.139. The van der Waals surface area contributed by atoms with E-state index in [2.05, 4.69) is 0 Å². The fourth-order valence-corrected chi connectivity index (χ4v) is 7.77. The smallest absolute Gasteiger partial charge is 0.305 e. The highest BCUT2D eigenvalue weighted by atomic mass is 32.2. The summed E-state index contributed by atoms with van der Waals surface area (Å²) in [5.74, 6) is -1.80. The number of carboxylic acids is 1. The van der Waals surface area contributed by atoms with Crippen LogP contribution in [-0.4, -0.2) is 63.9 Å². The number of aliphatic hydroxyl groups excluding tert-OH is 2. The molecule has 1 aliphatic heterocycles. The van der Waals surface area contributed by atoms with Gasteiger partial charge >= 0.3 is 5.97 Å². The summed E-state index contributed by atoms with van der Waals surface area (Å²) in [6.45, 7) is 4.93. The van der Waals surface area contributed by atoms with Crippen LogP contribution in [0.5, 0.6) is 0 Å². The minimum absolute atomic E-state index is 0.124. The average molecular weight is 587 g/mol. The van der Waals surface area contributed by atoms with Gasteiger partial charge in [0.2, 0.25) is 10.0 Å². The van der Waals surface area contributed by atoms with Crippen LogP contribution >= 0.6 is 0 Å². The molecule has 1 saturated heterocycles. The minimum Gasteiger partial charge on any atom is -0.481 e. The van der Waals surface area contributed by atoms with E-state index >= 15 is 0 Å². The average Bonchev–Trinajstić information content (AvgIpc) is 3.29. The number of carbonyl (C=O) groups is 1. The van der Waals surface area contributed by atoms with Gasteiger partial charge in [0.15, 0.2) is 0 Å². The van der Waals surface area contributed by atoms with E-state index in [-0.39, 0.29) is 30.2 Å². The number of aliphatic hydroxyl groups is 2. The quantitative estimate of drug-likeness (QED) is 0.267. The molecule has 1 aliphatic rings. The Bertz CT molecular complexity index is 1430. The third-order valence-electron chi connectivity index (χ3n) is 7.54. The highest BCUT2D eigenvalue weighted by Crippen LogP contribution is 2.45. The van der Waals surface area contributed by atoms with Gasteiger partial charge in [-0.25, -0.2) is 12.8 Å². The molecule has 0 spiro atoms. The van der Waals surface area contributed by atoms with Gasteiger partial charge < -0.3 is 19.9 Å². The summed E-state index contributed by atoms with van der Waals surface area (Å²) in [5, 5.41) is 29.8. The van der Waals surface area contributed by atoms with Crippen LogP contribution in [0.15, 0.2) is 59.5 Å². The van der Waals surface area contributed by atoms with Crippen molar-refractivity contribution in [2.75, 3.05) is 13.1 Å². The Morgan fingerprint density at radius 2 is 1.56 bits per heavy atom. The molecule has 8 nitrogen and oxygen atoms in total. The van der Waals surface area contributed by atoms with Crippen LogP contribution in [0.1, 0.15) is 64.0 Å². The maximum absolute atomic E-state index is 14.5. The molecule has 0 saturated carbocycles. The molecule has 10 heteroatoms. The van der Waals surface area contributed by atoms with Crippen molar-refractivity contribution in [3.63, 3.8) is 0 Å². The molecule has 1 fully saturated rings. The lowest BCUT2D eigenvalue weighted by atomic mass is 10.0. The summed E-state index contributed by atoms with van der Waals surface area (Å²) in [6.07, 6.45) is -0.131. The summed E-state index contributed by atoms with van der Waals surface area (Å²) in [4.78, 5) is 11.2. The Labute approximate surface area is 241 Å².